The highest BCUT2D eigenvalue weighted by Crippen LogP contribution is 2.31. The lowest BCUT2D eigenvalue weighted by Crippen LogP contribution is -2.32. The van der Waals surface area contributed by atoms with Crippen LogP contribution in [0.5, 0.6) is 5.75 Å². The van der Waals surface area contributed by atoms with Gasteiger partial charge < -0.3 is 20.1 Å². The molecule has 0 saturated carbocycles. The minimum atomic E-state index is -0.736. The lowest BCUT2D eigenvalue weighted by Gasteiger charge is -2.16. The number of nitrogens with zero attached hydrogens (tertiary/aromatic N) is 1. The predicted molar refractivity (Wildman–Crippen MR) is 139 cm³/mol. The molecule has 3 aromatic rings. The lowest BCUT2D eigenvalue weighted by atomic mass is 10.1. The van der Waals surface area contributed by atoms with E-state index in [9.17, 15) is 19.2 Å². The third-order valence-electron chi connectivity index (χ3n) is 5.40. The third-order valence-corrected chi connectivity index (χ3v) is 5.75. The summed E-state index contributed by atoms with van der Waals surface area (Å²) in [6.07, 6.45) is 0. The molecule has 1 heterocycles. The van der Waals surface area contributed by atoms with Gasteiger partial charge in [-0.05, 0) is 61.5 Å². The van der Waals surface area contributed by atoms with Gasteiger partial charge in [-0.3, -0.25) is 14.4 Å². The molecule has 10 heteroatoms. The molecule has 0 fully saturated rings. The van der Waals surface area contributed by atoms with Gasteiger partial charge in [-0.25, -0.2) is 9.69 Å². The first-order chi connectivity index (χ1) is 17.8. The van der Waals surface area contributed by atoms with Crippen LogP contribution in [0.25, 0.3) is 0 Å². The van der Waals surface area contributed by atoms with Crippen LogP contribution in [0.1, 0.15) is 27.6 Å². The van der Waals surface area contributed by atoms with Gasteiger partial charge in [-0.2, -0.15) is 0 Å². The Hall–Kier alpha value is -4.63. The summed E-state index contributed by atoms with van der Waals surface area (Å²) in [4.78, 5) is 51.2. The Bertz CT molecular complexity index is 1420. The molecule has 0 saturated heterocycles. The van der Waals surface area contributed by atoms with Gasteiger partial charge in [0.15, 0.2) is 0 Å². The Balaban J connectivity index is 1.48. The van der Waals surface area contributed by atoms with Crippen molar-refractivity contribution in [1.82, 2.24) is 0 Å². The number of hydrogen-bond donors (Lipinski definition) is 2. The normalized spacial score (nSPS) is 13.0. The van der Waals surface area contributed by atoms with Gasteiger partial charge in [0, 0.05) is 11.3 Å². The smallest absolute Gasteiger partial charge is 0.337 e. The summed E-state index contributed by atoms with van der Waals surface area (Å²) in [7, 11) is 1.23. The number of imide groups is 1. The molecule has 37 heavy (non-hydrogen) atoms. The van der Waals surface area contributed by atoms with E-state index in [0.29, 0.717) is 29.3 Å². The van der Waals surface area contributed by atoms with Crippen molar-refractivity contribution in [3.8, 4) is 5.75 Å². The van der Waals surface area contributed by atoms with Gasteiger partial charge in [-0.15, -0.1) is 0 Å². The molecule has 1 aliphatic rings. The molecular formula is C27H22ClN3O6. The fourth-order valence-corrected chi connectivity index (χ4v) is 3.84. The van der Waals surface area contributed by atoms with E-state index in [1.807, 2.05) is 13.0 Å². The van der Waals surface area contributed by atoms with Gasteiger partial charge in [0.05, 0.1) is 30.7 Å². The number of halogens is 1. The van der Waals surface area contributed by atoms with E-state index in [4.69, 9.17) is 21.1 Å². The van der Waals surface area contributed by atoms with Crippen LogP contribution in [0, 0.1) is 0 Å². The Morgan fingerprint density at radius 2 is 1.65 bits per heavy atom. The molecule has 0 aliphatic carbocycles. The molecule has 0 radical (unpaired) electrons. The minimum Gasteiger partial charge on any atom is -0.492 e. The third kappa shape index (κ3) is 5.31. The topological polar surface area (TPSA) is 114 Å². The van der Waals surface area contributed by atoms with Crippen molar-refractivity contribution in [3.05, 3.63) is 94.7 Å². The van der Waals surface area contributed by atoms with Crippen LogP contribution < -0.4 is 20.3 Å². The number of rotatable bonds is 8. The van der Waals surface area contributed by atoms with E-state index in [-0.39, 0.29) is 27.9 Å². The Kier molecular flexibility index (Phi) is 7.55. The Morgan fingerprint density at radius 1 is 0.919 bits per heavy atom. The summed E-state index contributed by atoms with van der Waals surface area (Å²) < 4.78 is 10.2. The van der Waals surface area contributed by atoms with E-state index in [2.05, 4.69) is 10.6 Å². The van der Waals surface area contributed by atoms with Gasteiger partial charge in [0.25, 0.3) is 17.7 Å². The molecule has 3 aromatic carbocycles. The summed E-state index contributed by atoms with van der Waals surface area (Å²) in [5.74, 6) is -1.82. The first-order valence-electron chi connectivity index (χ1n) is 11.2. The molecular weight excluding hydrogens is 498 g/mol. The highest BCUT2D eigenvalue weighted by Gasteiger charge is 2.39. The van der Waals surface area contributed by atoms with Crippen LogP contribution in [0.2, 0.25) is 0 Å². The number of nitrogens with one attached hydrogen (secondary N) is 2. The minimum absolute atomic E-state index is 0.127. The second kappa shape index (κ2) is 11.0. The molecule has 0 unspecified atom stereocenters. The molecule has 2 N–H and O–H groups in total. The molecule has 188 valence electrons. The fraction of sp³-hybridized carbons (Fsp3) is 0.111. The number of methoxy groups -OCH3 is 1. The first-order valence-corrected chi connectivity index (χ1v) is 11.6. The standard InChI is InChI=1S/C27H22ClN3O6/c1-3-37-21-10-5-4-9-20(21)30-24(32)16-11-13-18(14-12-16)29-23-22(28)25(33)31(26(23)34)19-8-6-7-17(15-19)27(35)36-2/h4-15,29H,3H2,1-2H3,(H,30,32). The number of para-hydroxylation sites is 2. The number of amides is 3. The number of carbonyl (C=O) groups excluding carboxylic acids is 4. The van der Waals surface area contributed by atoms with Gasteiger partial charge in [-0.1, -0.05) is 29.8 Å². The summed E-state index contributed by atoms with van der Waals surface area (Å²) in [6.45, 7) is 2.31. The second-order valence-electron chi connectivity index (χ2n) is 7.76. The van der Waals surface area contributed by atoms with Crippen LogP contribution in [-0.2, 0) is 14.3 Å². The van der Waals surface area contributed by atoms with Crippen molar-refractivity contribution in [2.24, 2.45) is 0 Å². The van der Waals surface area contributed by atoms with Crippen LogP contribution >= 0.6 is 11.6 Å². The molecule has 0 bridgehead atoms. The van der Waals surface area contributed by atoms with Crippen LogP contribution in [-0.4, -0.2) is 37.4 Å². The zero-order valence-electron chi connectivity index (χ0n) is 19.9. The van der Waals surface area contributed by atoms with E-state index < -0.39 is 17.8 Å². The average Bonchev–Trinajstić information content (AvgIpc) is 3.12. The second-order valence-corrected chi connectivity index (χ2v) is 8.14. The zero-order chi connectivity index (χ0) is 26.5. The zero-order valence-corrected chi connectivity index (χ0v) is 20.7. The van der Waals surface area contributed by atoms with Gasteiger partial charge in [0.1, 0.15) is 16.5 Å². The molecule has 0 aromatic heterocycles. The summed E-state index contributed by atoms with van der Waals surface area (Å²) in [5.41, 5.74) is 1.57. The highest BCUT2D eigenvalue weighted by molar-refractivity contribution is 6.53. The monoisotopic (exact) mass is 519 g/mol. The van der Waals surface area contributed by atoms with E-state index in [1.165, 1.54) is 31.4 Å². The number of carbonyl (C=O) groups is 4. The Morgan fingerprint density at radius 3 is 2.35 bits per heavy atom. The van der Waals surface area contributed by atoms with Crippen molar-refractivity contribution in [2.75, 3.05) is 29.3 Å². The first kappa shape index (κ1) is 25.5. The predicted octanol–water partition coefficient (Wildman–Crippen LogP) is 4.56. The lowest BCUT2D eigenvalue weighted by molar-refractivity contribution is -0.120. The summed E-state index contributed by atoms with van der Waals surface area (Å²) >= 11 is 6.20. The van der Waals surface area contributed by atoms with E-state index in [0.717, 1.165) is 4.90 Å². The molecule has 0 atom stereocenters. The average molecular weight is 520 g/mol. The molecule has 9 nitrogen and oxygen atoms in total. The molecule has 0 spiro atoms. The number of anilines is 3. The fourth-order valence-electron chi connectivity index (χ4n) is 3.63. The van der Waals surface area contributed by atoms with Crippen molar-refractivity contribution < 1.29 is 28.7 Å². The van der Waals surface area contributed by atoms with E-state index >= 15 is 0 Å². The number of benzene rings is 3. The highest BCUT2D eigenvalue weighted by atomic mass is 35.5. The van der Waals surface area contributed by atoms with Gasteiger partial charge >= 0.3 is 5.97 Å². The quantitative estimate of drug-likeness (QED) is 0.331. The van der Waals surface area contributed by atoms with Crippen molar-refractivity contribution >= 4 is 52.4 Å². The maximum Gasteiger partial charge on any atom is 0.337 e. The summed E-state index contributed by atoms with van der Waals surface area (Å²) in [6, 6.07) is 19.3. The molecule has 3 amide bonds. The summed E-state index contributed by atoms with van der Waals surface area (Å²) in [5, 5.41) is 5.36. The van der Waals surface area contributed by atoms with E-state index in [1.54, 1.807) is 42.5 Å². The molecule has 4 rings (SSSR count). The van der Waals surface area contributed by atoms with Crippen LogP contribution in [0.15, 0.2) is 83.5 Å². The number of ether oxygens (including phenoxy) is 2. The number of hydrogen-bond acceptors (Lipinski definition) is 7. The Labute approximate surface area is 217 Å². The van der Waals surface area contributed by atoms with Crippen molar-refractivity contribution in [3.63, 3.8) is 0 Å². The van der Waals surface area contributed by atoms with Crippen molar-refractivity contribution in [2.45, 2.75) is 6.92 Å². The van der Waals surface area contributed by atoms with Crippen LogP contribution in [0.3, 0.4) is 0 Å². The molecule has 1 aliphatic heterocycles. The maximum absolute atomic E-state index is 13.1. The maximum atomic E-state index is 13.1. The number of esters is 1. The van der Waals surface area contributed by atoms with Crippen LogP contribution in [0.4, 0.5) is 17.1 Å². The van der Waals surface area contributed by atoms with Gasteiger partial charge in [0.2, 0.25) is 0 Å². The van der Waals surface area contributed by atoms with Crippen molar-refractivity contribution in [1.29, 1.82) is 0 Å². The SMILES string of the molecule is CCOc1ccccc1NC(=O)c1ccc(NC2=C(Cl)C(=O)N(c3cccc(C(=O)OC)c3)C2=O)cc1. The largest absolute Gasteiger partial charge is 0.492 e.